The van der Waals surface area contributed by atoms with Gasteiger partial charge in [-0.2, -0.15) is 0 Å². The fourth-order valence-electron chi connectivity index (χ4n) is 2.86. The summed E-state index contributed by atoms with van der Waals surface area (Å²) in [4.78, 5) is 12.4. The highest BCUT2D eigenvalue weighted by molar-refractivity contribution is 14.1. The van der Waals surface area contributed by atoms with Crippen LogP contribution in [-0.4, -0.2) is 28.4 Å². The third-order valence-corrected chi connectivity index (χ3v) is 6.13. The summed E-state index contributed by atoms with van der Waals surface area (Å²) in [6.45, 7) is 0. The van der Waals surface area contributed by atoms with Crippen molar-refractivity contribution in [1.82, 2.24) is 0 Å². The summed E-state index contributed by atoms with van der Waals surface area (Å²) in [5.74, 6) is 0.578. The number of hydrogen-bond acceptors (Lipinski definition) is 5. The Morgan fingerprint density at radius 3 is 2.36 bits per heavy atom. The lowest BCUT2D eigenvalue weighted by molar-refractivity contribution is 0.0991. The number of benzene rings is 2. The van der Waals surface area contributed by atoms with Crippen LogP contribution in [0.5, 0.6) is 11.5 Å². The largest absolute Gasteiger partial charge is 0.493 e. The van der Waals surface area contributed by atoms with Gasteiger partial charge in [-0.05, 0) is 58.8 Å². The zero-order valence-electron chi connectivity index (χ0n) is 13.6. The van der Waals surface area contributed by atoms with E-state index in [9.17, 15) is 13.2 Å². The molecule has 0 saturated heterocycles. The topological polar surface area (TPSA) is 81.7 Å². The highest BCUT2D eigenvalue weighted by Gasteiger charge is 2.31. The minimum absolute atomic E-state index is 0.0829. The quantitative estimate of drug-likeness (QED) is 0.675. The molecule has 0 bridgehead atoms. The highest BCUT2D eigenvalue weighted by Crippen LogP contribution is 2.43. The van der Waals surface area contributed by atoms with Gasteiger partial charge in [0.2, 0.25) is 0 Å². The smallest absolute Gasteiger partial charge is 0.261 e. The molecule has 0 unspecified atom stereocenters. The molecule has 2 aromatic rings. The molecule has 1 aliphatic rings. The number of carbonyl (C=O) groups is 1. The standard InChI is InChI=1S/C17H16INO5S/c1-23-15-9-13(12-7-8-14(20)16(12)17(15)24-2)19-25(21,22)11-5-3-10(18)4-6-11/h3-6,9,19H,7-8H2,1-2H3. The molecule has 132 valence electrons. The van der Waals surface area contributed by atoms with Gasteiger partial charge in [-0.15, -0.1) is 0 Å². The number of fused-ring (bicyclic) bond motifs is 1. The fourth-order valence-corrected chi connectivity index (χ4v) is 4.30. The molecule has 1 aliphatic carbocycles. The van der Waals surface area contributed by atoms with Crippen LogP contribution in [0, 0.1) is 3.57 Å². The van der Waals surface area contributed by atoms with Crippen LogP contribution in [0.1, 0.15) is 22.3 Å². The van der Waals surface area contributed by atoms with Crippen molar-refractivity contribution in [3.05, 3.63) is 45.0 Å². The Bertz CT molecular complexity index is 939. The van der Waals surface area contributed by atoms with Crippen LogP contribution >= 0.6 is 22.6 Å². The summed E-state index contributed by atoms with van der Waals surface area (Å²) >= 11 is 2.11. The van der Waals surface area contributed by atoms with Gasteiger partial charge in [0.15, 0.2) is 17.3 Å². The molecule has 0 aliphatic heterocycles. The molecule has 2 aromatic carbocycles. The van der Waals surface area contributed by atoms with Crippen molar-refractivity contribution < 1.29 is 22.7 Å². The average Bonchev–Trinajstić information content (AvgIpc) is 2.97. The average molecular weight is 473 g/mol. The molecule has 0 aromatic heterocycles. The number of methoxy groups -OCH3 is 2. The van der Waals surface area contributed by atoms with Gasteiger partial charge in [0.1, 0.15) is 0 Å². The first-order chi connectivity index (χ1) is 11.9. The molecule has 3 rings (SSSR count). The van der Waals surface area contributed by atoms with Gasteiger partial charge in [-0.1, -0.05) is 0 Å². The number of hydrogen-bond donors (Lipinski definition) is 1. The summed E-state index contributed by atoms with van der Waals surface area (Å²) in [6, 6.07) is 8.07. The lowest BCUT2D eigenvalue weighted by atomic mass is 10.1. The molecule has 0 spiro atoms. The molecular weight excluding hydrogens is 457 g/mol. The molecule has 25 heavy (non-hydrogen) atoms. The van der Waals surface area contributed by atoms with Crippen molar-refractivity contribution in [1.29, 1.82) is 0 Å². The number of nitrogens with one attached hydrogen (secondary N) is 1. The zero-order chi connectivity index (χ0) is 18.2. The van der Waals surface area contributed by atoms with Crippen molar-refractivity contribution in [2.24, 2.45) is 0 Å². The lowest BCUT2D eigenvalue weighted by Crippen LogP contribution is -2.15. The maximum atomic E-state index is 12.7. The van der Waals surface area contributed by atoms with Crippen molar-refractivity contribution in [3.8, 4) is 11.5 Å². The number of anilines is 1. The van der Waals surface area contributed by atoms with Crippen molar-refractivity contribution in [3.63, 3.8) is 0 Å². The van der Waals surface area contributed by atoms with Crippen LogP contribution in [0.25, 0.3) is 0 Å². The zero-order valence-corrected chi connectivity index (χ0v) is 16.6. The predicted octanol–water partition coefficient (Wildman–Crippen LogP) is 3.24. The van der Waals surface area contributed by atoms with E-state index >= 15 is 0 Å². The normalized spacial score (nSPS) is 13.5. The maximum Gasteiger partial charge on any atom is 0.261 e. The highest BCUT2D eigenvalue weighted by atomic mass is 127. The minimum Gasteiger partial charge on any atom is -0.493 e. The van der Waals surface area contributed by atoms with E-state index in [-0.39, 0.29) is 10.7 Å². The first kappa shape index (κ1) is 18.0. The number of sulfonamides is 1. The Kier molecular flexibility index (Phi) is 4.92. The van der Waals surface area contributed by atoms with Gasteiger partial charge in [0.05, 0.1) is 30.4 Å². The fraction of sp³-hybridized carbons (Fsp3) is 0.235. The number of ether oxygens (including phenoxy) is 2. The summed E-state index contributed by atoms with van der Waals surface area (Å²) in [5.41, 5.74) is 1.37. The van der Waals surface area contributed by atoms with E-state index in [1.54, 1.807) is 18.2 Å². The Balaban J connectivity index is 2.09. The summed E-state index contributed by atoms with van der Waals surface area (Å²) in [6.07, 6.45) is 0.774. The van der Waals surface area contributed by atoms with E-state index in [4.69, 9.17) is 9.47 Å². The van der Waals surface area contributed by atoms with Crippen molar-refractivity contribution >= 4 is 44.1 Å². The van der Waals surface area contributed by atoms with Crippen LogP contribution in [0.4, 0.5) is 5.69 Å². The summed E-state index contributed by atoms with van der Waals surface area (Å²) in [5, 5.41) is 0. The molecular formula is C17H16INO5S. The van der Waals surface area contributed by atoms with Gasteiger partial charge in [0, 0.05) is 16.1 Å². The molecule has 0 amide bonds. The Morgan fingerprint density at radius 1 is 1.08 bits per heavy atom. The molecule has 0 atom stereocenters. The molecule has 0 heterocycles. The van der Waals surface area contributed by atoms with Crippen LogP contribution in [0.2, 0.25) is 0 Å². The van der Waals surface area contributed by atoms with Crippen LogP contribution in [0.3, 0.4) is 0 Å². The predicted molar refractivity (Wildman–Crippen MR) is 102 cm³/mol. The summed E-state index contributed by atoms with van der Waals surface area (Å²) in [7, 11) is -0.872. The van der Waals surface area contributed by atoms with Gasteiger partial charge in [-0.25, -0.2) is 8.42 Å². The first-order valence-corrected chi connectivity index (χ1v) is 10.0. The lowest BCUT2D eigenvalue weighted by Gasteiger charge is -2.17. The molecule has 6 nitrogen and oxygen atoms in total. The van der Waals surface area contributed by atoms with E-state index in [2.05, 4.69) is 27.3 Å². The van der Waals surface area contributed by atoms with Crippen LogP contribution in [0.15, 0.2) is 35.2 Å². The van der Waals surface area contributed by atoms with E-state index < -0.39 is 10.0 Å². The Hall–Kier alpha value is -1.81. The van der Waals surface area contributed by atoms with Crippen LogP contribution < -0.4 is 14.2 Å². The van der Waals surface area contributed by atoms with Gasteiger partial charge >= 0.3 is 0 Å². The molecule has 8 heteroatoms. The maximum absolute atomic E-state index is 12.7. The number of carbonyl (C=O) groups excluding carboxylic acids is 1. The SMILES string of the molecule is COc1cc(NS(=O)(=O)c2ccc(I)cc2)c2c(c1OC)C(=O)CC2. The number of ketones is 1. The van der Waals surface area contributed by atoms with E-state index in [0.717, 1.165) is 3.57 Å². The minimum atomic E-state index is -3.77. The number of rotatable bonds is 5. The van der Waals surface area contributed by atoms with Crippen molar-refractivity contribution in [2.45, 2.75) is 17.7 Å². The Labute approximate surface area is 159 Å². The van der Waals surface area contributed by atoms with E-state index in [1.165, 1.54) is 26.4 Å². The van der Waals surface area contributed by atoms with Crippen molar-refractivity contribution in [2.75, 3.05) is 18.9 Å². The van der Waals surface area contributed by atoms with E-state index in [0.29, 0.717) is 41.2 Å². The van der Waals surface area contributed by atoms with E-state index in [1.807, 2.05) is 0 Å². The molecule has 0 fully saturated rings. The second-order valence-electron chi connectivity index (χ2n) is 5.50. The molecule has 1 N–H and O–H groups in total. The van der Waals surface area contributed by atoms with Gasteiger partial charge in [-0.3, -0.25) is 9.52 Å². The Morgan fingerprint density at radius 2 is 1.76 bits per heavy atom. The monoisotopic (exact) mass is 473 g/mol. The third kappa shape index (κ3) is 3.32. The summed E-state index contributed by atoms with van der Waals surface area (Å²) < 4.78 is 39.5. The van der Waals surface area contributed by atoms with Crippen LogP contribution in [-0.2, 0) is 16.4 Å². The van der Waals surface area contributed by atoms with Gasteiger partial charge in [0.25, 0.3) is 10.0 Å². The second-order valence-corrected chi connectivity index (χ2v) is 8.42. The van der Waals surface area contributed by atoms with Gasteiger partial charge < -0.3 is 9.47 Å². The third-order valence-electron chi connectivity index (χ3n) is 4.03. The molecule has 0 radical (unpaired) electrons. The number of Topliss-reactive ketones (excluding diaryl/α,β-unsaturated/α-hetero) is 1. The molecule has 0 saturated carbocycles. The number of halogens is 1. The first-order valence-electron chi connectivity index (χ1n) is 7.47. The second kappa shape index (κ2) is 6.83.